The Labute approximate surface area is 121 Å². The Morgan fingerprint density at radius 2 is 1.95 bits per heavy atom. The number of nitrogens with one attached hydrogen (secondary N) is 1. The minimum Gasteiger partial charge on any atom is -0.392 e. The quantitative estimate of drug-likeness (QED) is 0.699. The average Bonchev–Trinajstić information content (AvgIpc) is 3.08. The first-order valence-electron chi connectivity index (χ1n) is 6.42. The predicted molar refractivity (Wildman–Crippen MR) is 78.0 cm³/mol. The Morgan fingerprint density at radius 3 is 2.76 bits per heavy atom. The number of nitrogens with zero attached hydrogens (tertiary/aromatic N) is 3. The lowest BCUT2D eigenvalue weighted by atomic mass is 10.1. The summed E-state index contributed by atoms with van der Waals surface area (Å²) in [5.74, 6) is 6.78. The van der Waals surface area contributed by atoms with Crippen molar-refractivity contribution < 1.29 is 5.11 Å². The normalized spacial score (nSPS) is 9.95. The Kier molecular flexibility index (Phi) is 3.72. The Bertz CT molecular complexity index is 800. The molecule has 2 N–H and O–H groups in total. The minimum absolute atomic E-state index is 0.0192. The molecule has 1 aromatic heterocycles. The smallest absolute Gasteiger partial charge is 0.179 e. The van der Waals surface area contributed by atoms with Crippen LogP contribution in [0, 0.1) is 11.8 Å². The number of aromatic nitrogens is 4. The van der Waals surface area contributed by atoms with Crippen molar-refractivity contribution in [2.24, 2.45) is 0 Å². The highest BCUT2D eigenvalue weighted by Gasteiger charge is 2.01. The molecule has 5 nitrogen and oxygen atoms in total. The summed E-state index contributed by atoms with van der Waals surface area (Å²) in [5.41, 5.74) is 3.38. The highest BCUT2D eigenvalue weighted by molar-refractivity contribution is 5.58. The van der Waals surface area contributed by atoms with Gasteiger partial charge in [0, 0.05) is 16.7 Å². The van der Waals surface area contributed by atoms with Gasteiger partial charge in [0.2, 0.25) is 0 Å². The summed E-state index contributed by atoms with van der Waals surface area (Å²) in [5, 5.41) is 23.0. The second-order valence-corrected chi connectivity index (χ2v) is 4.40. The van der Waals surface area contributed by atoms with E-state index in [1.165, 1.54) is 0 Å². The van der Waals surface area contributed by atoms with Gasteiger partial charge in [0.15, 0.2) is 5.82 Å². The van der Waals surface area contributed by atoms with Crippen LogP contribution in [0.4, 0.5) is 0 Å². The number of benzene rings is 2. The second-order valence-electron chi connectivity index (χ2n) is 4.40. The third kappa shape index (κ3) is 2.96. The topological polar surface area (TPSA) is 74.7 Å². The van der Waals surface area contributed by atoms with Crippen LogP contribution in [0.3, 0.4) is 0 Å². The first kappa shape index (κ1) is 13.0. The fraction of sp³-hybridized carbons (Fsp3) is 0.0625. The molecule has 2 aromatic carbocycles. The summed E-state index contributed by atoms with van der Waals surface area (Å²) < 4.78 is 0. The maximum Gasteiger partial charge on any atom is 0.179 e. The van der Waals surface area contributed by atoms with E-state index in [2.05, 4.69) is 32.5 Å². The summed E-state index contributed by atoms with van der Waals surface area (Å²) in [6.45, 7) is -0.0192. The standard InChI is InChI=1S/C16H12N4O/c21-11-15-6-2-1-5-13(15)9-8-12-4-3-7-14(10-12)16-17-19-20-18-16/h1-7,10,21H,11H2,(H,17,18,19,20). The van der Waals surface area contributed by atoms with Crippen LogP contribution < -0.4 is 0 Å². The Hall–Kier alpha value is -2.97. The van der Waals surface area contributed by atoms with Gasteiger partial charge in [0.25, 0.3) is 0 Å². The maximum atomic E-state index is 9.29. The van der Waals surface area contributed by atoms with Crippen molar-refractivity contribution in [3.63, 3.8) is 0 Å². The van der Waals surface area contributed by atoms with Crippen LogP contribution in [-0.4, -0.2) is 25.7 Å². The van der Waals surface area contributed by atoms with Gasteiger partial charge in [-0.3, -0.25) is 0 Å². The summed E-state index contributed by atoms with van der Waals surface area (Å²) >= 11 is 0. The molecule has 3 rings (SSSR count). The van der Waals surface area contributed by atoms with E-state index >= 15 is 0 Å². The number of hydrogen-bond acceptors (Lipinski definition) is 4. The van der Waals surface area contributed by atoms with Gasteiger partial charge in [-0.05, 0) is 34.2 Å². The molecule has 0 spiro atoms. The molecule has 102 valence electrons. The molecular weight excluding hydrogens is 264 g/mol. The van der Waals surface area contributed by atoms with E-state index in [0.717, 1.165) is 22.3 Å². The van der Waals surface area contributed by atoms with Crippen molar-refractivity contribution in [1.29, 1.82) is 0 Å². The molecule has 0 bridgehead atoms. The molecule has 5 heteroatoms. The lowest BCUT2D eigenvalue weighted by Crippen LogP contribution is -1.88. The Balaban J connectivity index is 1.93. The zero-order chi connectivity index (χ0) is 14.5. The monoisotopic (exact) mass is 276 g/mol. The van der Waals surface area contributed by atoms with Gasteiger partial charge >= 0.3 is 0 Å². The highest BCUT2D eigenvalue weighted by Crippen LogP contribution is 2.14. The van der Waals surface area contributed by atoms with Crippen LogP contribution in [-0.2, 0) is 6.61 Å². The number of aliphatic hydroxyl groups is 1. The zero-order valence-corrected chi connectivity index (χ0v) is 11.1. The van der Waals surface area contributed by atoms with E-state index in [1.54, 1.807) is 0 Å². The number of aliphatic hydroxyl groups excluding tert-OH is 1. The molecular formula is C16H12N4O. The molecule has 0 saturated heterocycles. The van der Waals surface area contributed by atoms with E-state index < -0.39 is 0 Å². The number of aromatic amines is 1. The Morgan fingerprint density at radius 1 is 1.05 bits per heavy atom. The SMILES string of the molecule is OCc1ccccc1C#Cc1cccc(-c2nnn[nH]2)c1. The van der Waals surface area contributed by atoms with Crippen molar-refractivity contribution in [2.75, 3.05) is 0 Å². The molecule has 0 aliphatic rings. The van der Waals surface area contributed by atoms with Crippen molar-refractivity contribution in [1.82, 2.24) is 20.6 Å². The first-order chi connectivity index (χ1) is 10.4. The minimum atomic E-state index is -0.0192. The van der Waals surface area contributed by atoms with E-state index in [-0.39, 0.29) is 6.61 Å². The second kappa shape index (κ2) is 5.99. The van der Waals surface area contributed by atoms with Crippen molar-refractivity contribution in [2.45, 2.75) is 6.61 Å². The molecule has 0 aliphatic carbocycles. The van der Waals surface area contributed by atoms with Crippen LogP contribution in [0.1, 0.15) is 16.7 Å². The maximum absolute atomic E-state index is 9.29. The molecule has 0 radical (unpaired) electrons. The summed E-state index contributed by atoms with van der Waals surface area (Å²) in [4.78, 5) is 0. The van der Waals surface area contributed by atoms with Crippen LogP contribution in [0.15, 0.2) is 48.5 Å². The van der Waals surface area contributed by atoms with Gasteiger partial charge in [-0.2, -0.15) is 0 Å². The first-order valence-corrected chi connectivity index (χ1v) is 6.42. The molecule has 21 heavy (non-hydrogen) atoms. The predicted octanol–water partition coefficient (Wildman–Crippen LogP) is 1.76. The third-order valence-corrected chi connectivity index (χ3v) is 3.01. The highest BCUT2D eigenvalue weighted by atomic mass is 16.3. The van der Waals surface area contributed by atoms with E-state index in [4.69, 9.17) is 0 Å². The zero-order valence-electron chi connectivity index (χ0n) is 11.1. The van der Waals surface area contributed by atoms with Crippen molar-refractivity contribution in [3.8, 4) is 23.2 Å². The third-order valence-electron chi connectivity index (χ3n) is 3.01. The van der Waals surface area contributed by atoms with Gasteiger partial charge in [-0.25, -0.2) is 5.10 Å². The van der Waals surface area contributed by atoms with Gasteiger partial charge in [-0.15, -0.1) is 5.10 Å². The molecule has 0 atom stereocenters. The largest absolute Gasteiger partial charge is 0.392 e. The van der Waals surface area contributed by atoms with Gasteiger partial charge in [0.05, 0.1) is 6.61 Å². The summed E-state index contributed by atoms with van der Waals surface area (Å²) in [6.07, 6.45) is 0. The van der Waals surface area contributed by atoms with Gasteiger partial charge < -0.3 is 5.11 Å². The molecule has 3 aromatic rings. The van der Waals surface area contributed by atoms with Gasteiger partial charge in [-0.1, -0.05) is 42.2 Å². The molecule has 0 saturated carbocycles. The number of hydrogen-bond donors (Lipinski definition) is 2. The van der Waals surface area contributed by atoms with E-state index in [9.17, 15) is 5.11 Å². The van der Waals surface area contributed by atoms with Crippen LogP contribution in [0.5, 0.6) is 0 Å². The molecule has 0 unspecified atom stereocenters. The van der Waals surface area contributed by atoms with E-state index in [1.807, 2.05) is 48.5 Å². The fourth-order valence-electron chi connectivity index (χ4n) is 1.95. The van der Waals surface area contributed by atoms with Crippen molar-refractivity contribution >= 4 is 0 Å². The van der Waals surface area contributed by atoms with E-state index in [0.29, 0.717) is 5.82 Å². The lowest BCUT2D eigenvalue weighted by Gasteiger charge is -1.99. The number of H-pyrrole nitrogens is 1. The van der Waals surface area contributed by atoms with Crippen LogP contribution >= 0.6 is 0 Å². The summed E-state index contributed by atoms with van der Waals surface area (Å²) in [7, 11) is 0. The van der Waals surface area contributed by atoms with Crippen molar-refractivity contribution in [3.05, 3.63) is 65.2 Å². The van der Waals surface area contributed by atoms with Crippen LogP contribution in [0.25, 0.3) is 11.4 Å². The van der Waals surface area contributed by atoms with Gasteiger partial charge in [0.1, 0.15) is 0 Å². The molecule has 0 aliphatic heterocycles. The number of tetrazole rings is 1. The fourth-order valence-corrected chi connectivity index (χ4v) is 1.95. The average molecular weight is 276 g/mol. The van der Waals surface area contributed by atoms with Crippen LogP contribution in [0.2, 0.25) is 0 Å². The number of rotatable bonds is 2. The molecule has 0 fully saturated rings. The summed E-state index contributed by atoms with van der Waals surface area (Å²) in [6, 6.07) is 15.2. The lowest BCUT2D eigenvalue weighted by molar-refractivity contribution is 0.281. The molecule has 0 amide bonds. The molecule has 1 heterocycles.